The van der Waals surface area contributed by atoms with Crippen molar-refractivity contribution >= 4 is 0 Å². The molecular weight excluding hydrogens is 176 g/mol. The van der Waals surface area contributed by atoms with Crippen molar-refractivity contribution in [2.75, 3.05) is 13.2 Å². The van der Waals surface area contributed by atoms with Gasteiger partial charge in [0.1, 0.15) is 0 Å². The van der Waals surface area contributed by atoms with Gasteiger partial charge in [0.05, 0.1) is 12.0 Å². The van der Waals surface area contributed by atoms with Gasteiger partial charge in [0.2, 0.25) is 0 Å². The Bertz CT molecular complexity index is 277. The summed E-state index contributed by atoms with van der Waals surface area (Å²) in [6, 6.07) is 0. The van der Waals surface area contributed by atoms with E-state index in [2.05, 4.69) is 22.7 Å². The van der Waals surface area contributed by atoms with E-state index in [0.717, 1.165) is 32.1 Å². The Labute approximate surface area is 85.1 Å². The van der Waals surface area contributed by atoms with Crippen LogP contribution in [0.4, 0.5) is 0 Å². The first kappa shape index (κ1) is 9.71. The average molecular weight is 194 g/mol. The molecule has 3 nitrogen and oxygen atoms in total. The molecule has 2 rings (SSSR count). The van der Waals surface area contributed by atoms with Crippen molar-refractivity contribution in [2.24, 2.45) is 5.92 Å². The third-order valence-electron chi connectivity index (χ3n) is 2.86. The zero-order valence-electron chi connectivity index (χ0n) is 8.78. The molecule has 0 radical (unpaired) electrons. The van der Waals surface area contributed by atoms with Crippen LogP contribution in [0.5, 0.6) is 0 Å². The number of aromatic nitrogens is 2. The van der Waals surface area contributed by atoms with Crippen molar-refractivity contribution in [3.05, 3.63) is 18.2 Å². The highest BCUT2D eigenvalue weighted by molar-refractivity contribution is 4.95. The Morgan fingerprint density at radius 3 is 2.93 bits per heavy atom. The maximum Gasteiger partial charge on any atom is 0.0949 e. The molecule has 1 saturated heterocycles. The van der Waals surface area contributed by atoms with Crippen LogP contribution in [0.1, 0.15) is 25.5 Å². The minimum atomic E-state index is 0.780. The summed E-state index contributed by atoms with van der Waals surface area (Å²) in [5.74, 6) is 0.780. The fourth-order valence-electron chi connectivity index (χ4n) is 1.92. The number of hydrogen-bond acceptors (Lipinski definition) is 2. The van der Waals surface area contributed by atoms with Crippen molar-refractivity contribution < 1.29 is 4.74 Å². The first-order valence-corrected chi connectivity index (χ1v) is 5.47. The lowest BCUT2D eigenvalue weighted by atomic mass is 10.0. The molecule has 1 aromatic rings. The Balaban J connectivity index is 1.89. The van der Waals surface area contributed by atoms with Gasteiger partial charge in [-0.2, -0.15) is 0 Å². The molecule has 0 amide bonds. The number of ether oxygens (including phenoxy) is 1. The van der Waals surface area contributed by atoms with Crippen molar-refractivity contribution in [3.8, 4) is 0 Å². The van der Waals surface area contributed by atoms with Gasteiger partial charge in [0, 0.05) is 26.0 Å². The molecule has 1 aliphatic heterocycles. The largest absolute Gasteiger partial charge is 0.381 e. The van der Waals surface area contributed by atoms with Crippen LogP contribution in [0.3, 0.4) is 0 Å². The van der Waals surface area contributed by atoms with Crippen LogP contribution in [0.2, 0.25) is 0 Å². The van der Waals surface area contributed by atoms with Gasteiger partial charge in [0.25, 0.3) is 0 Å². The first-order valence-electron chi connectivity index (χ1n) is 5.47. The summed E-state index contributed by atoms with van der Waals surface area (Å²) < 4.78 is 7.56. The van der Waals surface area contributed by atoms with Crippen LogP contribution in [-0.4, -0.2) is 22.8 Å². The Morgan fingerprint density at radius 2 is 2.29 bits per heavy atom. The third-order valence-corrected chi connectivity index (χ3v) is 2.86. The summed E-state index contributed by atoms with van der Waals surface area (Å²) in [6.07, 6.45) is 7.53. The SMILES string of the molecule is CCc1cn(CC2CCOCC2)cn1. The number of aryl methyl sites for hydroxylation is 1. The van der Waals surface area contributed by atoms with Crippen LogP contribution in [0.25, 0.3) is 0 Å². The van der Waals surface area contributed by atoms with Crippen LogP contribution in [-0.2, 0) is 17.7 Å². The second-order valence-corrected chi connectivity index (χ2v) is 3.97. The molecule has 0 unspecified atom stereocenters. The van der Waals surface area contributed by atoms with E-state index in [9.17, 15) is 0 Å². The van der Waals surface area contributed by atoms with E-state index in [-0.39, 0.29) is 0 Å². The lowest BCUT2D eigenvalue weighted by molar-refractivity contribution is 0.0612. The Morgan fingerprint density at radius 1 is 1.50 bits per heavy atom. The number of rotatable bonds is 3. The minimum absolute atomic E-state index is 0.780. The zero-order valence-corrected chi connectivity index (χ0v) is 8.78. The summed E-state index contributed by atoms with van der Waals surface area (Å²) in [5.41, 5.74) is 1.19. The van der Waals surface area contributed by atoms with Gasteiger partial charge in [-0.15, -0.1) is 0 Å². The van der Waals surface area contributed by atoms with E-state index < -0.39 is 0 Å². The molecular formula is C11H18N2O. The topological polar surface area (TPSA) is 27.1 Å². The molecule has 0 atom stereocenters. The van der Waals surface area contributed by atoms with Gasteiger partial charge < -0.3 is 9.30 Å². The molecule has 0 spiro atoms. The molecule has 14 heavy (non-hydrogen) atoms. The number of imidazole rings is 1. The highest BCUT2D eigenvalue weighted by Gasteiger charge is 2.14. The molecule has 3 heteroatoms. The molecule has 0 aliphatic carbocycles. The Hall–Kier alpha value is -0.830. The molecule has 0 N–H and O–H groups in total. The van der Waals surface area contributed by atoms with E-state index in [0.29, 0.717) is 0 Å². The molecule has 1 fully saturated rings. The third kappa shape index (κ3) is 2.35. The van der Waals surface area contributed by atoms with Crippen molar-refractivity contribution in [1.29, 1.82) is 0 Å². The van der Waals surface area contributed by atoms with E-state index in [4.69, 9.17) is 4.74 Å². The summed E-state index contributed by atoms with van der Waals surface area (Å²) in [7, 11) is 0. The zero-order chi connectivity index (χ0) is 9.80. The maximum atomic E-state index is 5.34. The highest BCUT2D eigenvalue weighted by Crippen LogP contribution is 2.16. The van der Waals surface area contributed by atoms with Crippen molar-refractivity contribution in [2.45, 2.75) is 32.7 Å². The van der Waals surface area contributed by atoms with Crippen LogP contribution in [0.15, 0.2) is 12.5 Å². The fraction of sp³-hybridized carbons (Fsp3) is 0.727. The highest BCUT2D eigenvalue weighted by atomic mass is 16.5. The van der Waals surface area contributed by atoms with E-state index in [1.54, 1.807) is 0 Å². The van der Waals surface area contributed by atoms with Crippen LogP contribution < -0.4 is 0 Å². The quantitative estimate of drug-likeness (QED) is 0.734. The predicted molar refractivity (Wildman–Crippen MR) is 55.1 cm³/mol. The molecule has 0 bridgehead atoms. The molecule has 0 saturated carbocycles. The standard InChI is InChI=1S/C11H18N2O/c1-2-11-8-13(9-12-11)7-10-3-5-14-6-4-10/h8-10H,2-7H2,1H3. The monoisotopic (exact) mass is 194 g/mol. The van der Waals surface area contributed by atoms with Crippen LogP contribution in [0, 0.1) is 5.92 Å². The molecule has 2 heterocycles. The van der Waals surface area contributed by atoms with E-state index >= 15 is 0 Å². The molecule has 78 valence electrons. The number of nitrogens with zero attached hydrogens (tertiary/aromatic N) is 2. The molecule has 0 aromatic carbocycles. The fourth-order valence-corrected chi connectivity index (χ4v) is 1.92. The molecule has 1 aromatic heterocycles. The second-order valence-electron chi connectivity index (χ2n) is 3.97. The smallest absolute Gasteiger partial charge is 0.0949 e. The second kappa shape index (κ2) is 4.60. The summed E-state index contributed by atoms with van der Waals surface area (Å²) in [4.78, 5) is 4.33. The Kier molecular flexibility index (Phi) is 3.19. The summed E-state index contributed by atoms with van der Waals surface area (Å²) >= 11 is 0. The van der Waals surface area contributed by atoms with Gasteiger partial charge in [-0.1, -0.05) is 6.92 Å². The first-order chi connectivity index (χ1) is 6.88. The normalized spacial score (nSPS) is 18.6. The maximum absolute atomic E-state index is 5.34. The minimum Gasteiger partial charge on any atom is -0.381 e. The van der Waals surface area contributed by atoms with Crippen molar-refractivity contribution in [1.82, 2.24) is 9.55 Å². The predicted octanol–water partition coefficient (Wildman–Crippen LogP) is 1.87. The van der Waals surface area contributed by atoms with Crippen molar-refractivity contribution in [3.63, 3.8) is 0 Å². The van der Waals surface area contributed by atoms with Gasteiger partial charge in [0.15, 0.2) is 0 Å². The lowest BCUT2D eigenvalue weighted by Gasteiger charge is -2.21. The summed E-state index contributed by atoms with van der Waals surface area (Å²) in [5, 5.41) is 0. The number of hydrogen-bond donors (Lipinski definition) is 0. The van der Waals surface area contributed by atoms with Gasteiger partial charge in [-0.3, -0.25) is 0 Å². The lowest BCUT2D eigenvalue weighted by Crippen LogP contribution is -2.19. The van der Waals surface area contributed by atoms with E-state index in [1.807, 2.05) is 6.33 Å². The van der Waals surface area contributed by atoms with Crippen LogP contribution >= 0.6 is 0 Å². The average Bonchev–Trinajstić information content (AvgIpc) is 2.67. The van der Waals surface area contributed by atoms with E-state index in [1.165, 1.54) is 18.5 Å². The van der Waals surface area contributed by atoms with Gasteiger partial charge in [-0.25, -0.2) is 4.98 Å². The van der Waals surface area contributed by atoms with Gasteiger partial charge in [-0.05, 0) is 25.2 Å². The molecule has 1 aliphatic rings. The van der Waals surface area contributed by atoms with Gasteiger partial charge >= 0.3 is 0 Å². The summed E-state index contributed by atoms with van der Waals surface area (Å²) in [6.45, 7) is 5.11.